The fourth-order valence-corrected chi connectivity index (χ4v) is 2.99. The summed E-state index contributed by atoms with van der Waals surface area (Å²) in [6, 6.07) is -0.0453. The highest BCUT2D eigenvalue weighted by molar-refractivity contribution is 8.00. The van der Waals surface area contributed by atoms with E-state index < -0.39 is 11.7 Å². The van der Waals surface area contributed by atoms with Gasteiger partial charge < -0.3 is 4.74 Å². The Morgan fingerprint density at radius 1 is 1.56 bits per heavy atom. The van der Waals surface area contributed by atoms with E-state index in [0.29, 0.717) is 11.7 Å². The first-order chi connectivity index (χ1) is 8.26. The minimum Gasteiger partial charge on any atom is -0.443 e. The first-order valence-electron chi connectivity index (χ1n) is 6.39. The average molecular weight is 273 g/mol. The summed E-state index contributed by atoms with van der Waals surface area (Å²) in [6.45, 7) is 9.58. The average Bonchev–Trinajstić information content (AvgIpc) is 2.25. The Morgan fingerprint density at radius 2 is 2.17 bits per heavy atom. The highest BCUT2D eigenvalue weighted by Gasteiger charge is 2.38. The van der Waals surface area contributed by atoms with Crippen molar-refractivity contribution in [1.29, 1.82) is 0 Å². The third-order valence-electron chi connectivity index (χ3n) is 3.01. The number of hydrogen-bond acceptors (Lipinski definition) is 4. The molecule has 0 aliphatic carbocycles. The quantitative estimate of drug-likeness (QED) is 0.776. The number of hydrogen-bond donors (Lipinski definition) is 0. The van der Waals surface area contributed by atoms with Crippen molar-refractivity contribution in [1.82, 2.24) is 4.90 Å². The van der Waals surface area contributed by atoms with Crippen LogP contribution in [-0.4, -0.2) is 40.0 Å². The molecule has 0 radical (unpaired) electrons. The van der Waals surface area contributed by atoms with Gasteiger partial charge in [0, 0.05) is 5.75 Å². The Kier molecular flexibility index (Phi) is 5.08. The van der Waals surface area contributed by atoms with Crippen molar-refractivity contribution in [3.8, 4) is 0 Å². The number of carbonyl (C=O) groups excluding carboxylic acids is 2. The normalized spacial score (nSPS) is 22.8. The van der Waals surface area contributed by atoms with E-state index in [-0.39, 0.29) is 11.9 Å². The summed E-state index contributed by atoms with van der Waals surface area (Å²) in [7, 11) is 0. The van der Waals surface area contributed by atoms with Crippen LogP contribution in [0.4, 0.5) is 4.79 Å². The van der Waals surface area contributed by atoms with Crippen LogP contribution in [0.15, 0.2) is 0 Å². The van der Waals surface area contributed by atoms with Crippen molar-refractivity contribution in [2.45, 2.75) is 52.7 Å². The molecular formula is C13H23NO3S. The lowest BCUT2D eigenvalue weighted by Crippen LogP contribution is -2.53. The number of carbonyl (C=O) groups is 2. The van der Waals surface area contributed by atoms with Crippen LogP contribution in [0.1, 0.15) is 41.0 Å². The van der Waals surface area contributed by atoms with Crippen molar-refractivity contribution in [2.75, 3.05) is 11.5 Å². The van der Waals surface area contributed by atoms with Gasteiger partial charge in [-0.15, -0.1) is 11.8 Å². The van der Waals surface area contributed by atoms with Gasteiger partial charge in [-0.1, -0.05) is 20.3 Å². The fraction of sp³-hybridized carbons (Fsp3) is 0.846. The van der Waals surface area contributed by atoms with E-state index in [4.69, 9.17) is 4.74 Å². The summed E-state index contributed by atoms with van der Waals surface area (Å²) < 4.78 is 5.33. The minimum absolute atomic E-state index is 0.0453. The fourth-order valence-electron chi connectivity index (χ4n) is 1.84. The van der Waals surface area contributed by atoms with Gasteiger partial charge in [-0.25, -0.2) is 9.69 Å². The molecule has 4 nitrogen and oxygen atoms in total. The van der Waals surface area contributed by atoms with Crippen LogP contribution < -0.4 is 0 Å². The van der Waals surface area contributed by atoms with Gasteiger partial charge in [0.15, 0.2) is 0 Å². The van der Waals surface area contributed by atoms with Crippen molar-refractivity contribution in [3.05, 3.63) is 0 Å². The third-order valence-corrected chi connectivity index (χ3v) is 4.03. The van der Waals surface area contributed by atoms with E-state index >= 15 is 0 Å². The van der Waals surface area contributed by atoms with E-state index in [1.165, 1.54) is 4.90 Å². The van der Waals surface area contributed by atoms with E-state index in [2.05, 4.69) is 13.8 Å². The van der Waals surface area contributed by atoms with Gasteiger partial charge in [0.25, 0.3) is 0 Å². The second-order valence-corrected chi connectivity index (χ2v) is 6.74. The van der Waals surface area contributed by atoms with Gasteiger partial charge in [-0.2, -0.15) is 0 Å². The van der Waals surface area contributed by atoms with Crippen LogP contribution in [0.5, 0.6) is 0 Å². The summed E-state index contributed by atoms with van der Waals surface area (Å²) in [5, 5.41) is 0. The van der Waals surface area contributed by atoms with Crippen LogP contribution in [0.3, 0.4) is 0 Å². The maximum Gasteiger partial charge on any atom is 0.417 e. The summed E-state index contributed by atoms with van der Waals surface area (Å²) in [6.07, 6.45) is 0.441. The highest BCUT2D eigenvalue weighted by Crippen LogP contribution is 2.26. The molecule has 1 saturated heterocycles. The van der Waals surface area contributed by atoms with Gasteiger partial charge in [0.1, 0.15) is 5.60 Å². The largest absolute Gasteiger partial charge is 0.443 e. The Morgan fingerprint density at radius 3 is 2.67 bits per heavy atom. The number of ether oxygens (including phenoxy) is 1. The predicted molar refractivity (Wildman–Crippen MR) is 73.6 cm³/mol. The lowest BCUT2D eigenvalue weighted by atomic mass is 9.99. The maximum absolute atomic E-state index is 12.1. The van der Waals surface area contributed by atoms with Crippen LogP contribution in [0, 0.1) is 5.92 Å². The van der Waals surface area contributed by atoms with Gasteiger partial charge in [-0.05, 0) is 26.7 Å². The molecule has 0 aromatic heterocycles. The Bertz CT molecular complexity index is 325. The Labute approximate surface area is 113 Å². The standard InChI is InChI=1S/C13H23NO3S/c1-6-9(2)10-7-18-8-11(15)14(10)12(16)17-13(3,4)5/h9-10H,6-8H2,1-5H3/t9?,10-/m1/s1. The predicted octanol–water partition coefficient (Wildman–Crippen LogP) is 2.91. The molecule has 1 rings (SSSR count). The molecule has 0 bridgehead atoms. The third kappa shape index (κ3) is 3.90. The zero-order valence-corrected chi connectivity index (χ0v) is 12.7. The van der Waals surface area contributed by atoms with Crippen LogP contribution in [0.2, 0.25) is 0 Å². The molecule has 5 heteroatoms. The SMILES string of the molecule is CCC(C)[C@H]1CSCC(=O)N1C(=O)OC(C)(C)C. The first-order valence-corrected chi connectivity index (χ1v) is 7.54. The molecule has 1 aliphatic heterocycles. The van der Waals surface area contributed by atoms with Crippen LogP contribution >= 0.6 is 11.8 Å². The summed E-state index contributed by atoms with van der Waals surface area (Å²) in [5.74, 6) is 1.34. The smallest absolute Gasteiger partial charge is 0.417 e. The Hall–Kier alpha value is -0.710. The van der Waals surface area contributed by atoms with E-state index in [1.54, 1.807) is 11.8 Å². The zero-order valence-electron chi connectivity index (χ0n) is 11.9. The molecule has 0 saturated carbocycles. The van der Waals surface area contributed by atoms with E-state index in [0.717, 1.165) is 12.2 Å². The molecule has 2 atom stereocenters. The molecule has 1 fully saturated rings. The molecule has 1 unspecified atom stereocenters. The molecule has 2 amide bonds. The molecule has 0 N–H and O–H groups in total. The number of amides is 2. The lowest BCUT2D eigenvalue weighted by Gasteiger charge is -2.37. The Balaban J connectivity index is 2.84. The van der Waals surface area contributed by atoms with Crippen molar-refractivity contribution in [2.24, 2.45) is 5.92 Å². The minimum atomic E-state index is -0.568. The van der Waals surface area contributed by atoms with Crippen LogP contribution in [0.25, 0.3) is 0 Å². The number of imide groups is 1. The van der Waals surface area contributed by atoms with Gasteiger partial charge in [0.05, 0.1) is 11.8 Å². The molecule has 1 aliphatic rings. The maximum atomic E-state index is 12.1. The molecule has 18 heavy (non-hydrogen) atoms. The van der Waals surface area contributed by atoms with E-state index in [1.807, 2.05) is 20.8 Å². The highest BCUT2D eigenvalue weighted by atomic mass is 32.2. The second kappa shape index (κ2) is 5.95. The van der Waals surface area contributed by atoms with Gasteiger partial charge >= 0.3 is 6.09 Å². The summed E-state index contributed by atoms with van der Waals surface area (Å²) in [5.41, 5.74) is -0.568. The topological polar surface area (TPSA) is 46.6 Å². The summed E-state index contributed by atoms with van der Waals surface area (Å²) in [4.78, 5) is 25.4. The molecule has 0 aromatic rings. The van der Waals surface area contributed by atoms with Gasteiger partial charge in [-0.3, -0.25) is 4.79 Å². The van der Waals surface area contributed by atoms with Crippen molar-refractivity contribution in [3.63, 3.8) is 0 Å². The molecule has 104 valence electrons. The zero-order chi connectivity index (χ0) is 13.9. The molecule has 1 heterocycles. The lowest BCUT2D eigenvalue weighted by molar-refractivity contribution is -0.130. The van der Waals surface area contributed by atoms with E-state index in [9.17, 15) is 9.59 Å². The van der Waals surface area contributed by atoms with Gasteiger partial charge in [0.2, 0.25) is 5.91 Å². The monoisotopic (exact) mass is 273 g/mol. The van der Waals surface area contributed by atoms with Crippen LogP contribution in [-0.2, 0) is 9.53 Å². The number of nitrogens with zero attached hydrogens (tertiary/aromatic N) is 1. The number of thioether (sulfide) groups is 1. The number of rotatable bonds is 2. The van der Waals surface area contributed by atoms with Crippen molar-refractivity contribution >= 4 is 23.8 Å². The van der Waals surface area contributed by atoms with Crippen molar-refractivity contribution < 1.29 is 14.3 Å². The second-order valence-electron chi connectivity index (χ2n) is 5.71. The molecule has 0 spiro atoms. The molecule has 0 aromatic carbocycles. The molecular weight excluding hydrogens is 250 g/mol. The first kappa shape index (κ1) is 15.3. The summed E-state index contributed by atoms with van der Waals surface area (Å²) >= 11 is 1.59.